The zero-order chi connectivity index (χ0) is 21.9. The summed E-state index contributed by atoms with van der Waals surface area (Å²) in [6.07, 6.45) is 1.66. The smallest absolute Gasteiger partial charge is 0.264 e. The summed E-state index contributed by atoms with van der Waals surface area (Å²) in [6, 6.07) is 16.6. The Hall–Kier alpha value is -3.39. The average Bonchev–Trinajstić information content (AvgIpc) is 2.74. The first-order chi connectivity index (χ1) is 14.2. The molecule has 0 aliphatic rings. The molecule has 2 aromatic carbocycles. The quantitative estimate of drug-likeness (QED) is 0.655. The van der Waals surface area contributed by atoms with Gasteiger partial charge in [0.05, 0.1) is 16.3 Å². The Bertz CT molecular complexity index is 1140. The standard InChI is InChI=1S/C22H24N4O3S/c1-16-7-13-19(14-8-16)30(28,29)26(4)18-11-9-17(10-12-18)22(27)24-20-6-5-15-23-21(20)25(2)3/h5-15H,1-4H3,(H,24,27). The van der Waals surface area contributed by atoms with Gasteiger partial charge in [-0.25, -0.2) is 13.4 Å². The number of carbonyl (C=O) groups excluding carboxylic acids is 1. The summed E-state index contributed by atoms with van der Waals surface area (Å²) in [5.74, 6) is 0.341. The number of nitrogens with zero attached hydrogens (tertiary/aromatic N) is 3. The third-order valence-corrected chi connectivity index (χ3v) is 6.43. The van der Waals surface area contributed by atoms with E-state index in [2.05, 4.69) is 10.3 Å². The van der Waals surface area contributed by atoms with Crippen LogP contribution < -0.4 is 14.5 Å². The van der Waals surface area contributed by atoms with Crippen LogP contribution in [0, 0.1) is 6.92 Å². The zero-order valence-electron chi connectivity index (χ0n) is 17.3. The number of anilines is 3. The van der Waals surface area contributed by atoms with Crippen LogP contribution in [0.25, 0.3) is 0 Å². The molecule has 0 fully saturated rings. The number of hydrogen-bond donors (Lipinski definition) is 1. The summed E-state index contributed by atoms with van der Waals surface area (Å²) in [5, 5.41) is 2.84. The number of amides is 1. The minimum Gasteiger partial charge on any atom is -0.361 e. The predicted octanol–water partition coefficient (Wildman–Crippen LogP) is 3.53. The van der Waals surface area contributed by atoms with Crippen LogP contribution in [-0.4, -0.2) is 40.5 Å². The first-order valence-corrected chi connectivity index (χ1v) is 10.7. The number of rotatable bonds is 6. The summed E-state index contributed by atoms with van der Waals surface area (Å²) in [5.41, 5.74) is 2.45. The number of sulfonamides is 1. The SMILES string of the molecule is Cc1ccc(S(=O)(=O)N(C)c2ccc(C(=O)Nc3cccnc3N(C)C)cc2)cc1. The van der Waals surface area contributed by atoms with Crippen LogP contribution in [-0.2, 0) is 10.0 Å². The van der Waals surface area contributed by atoms with Crippen LogP contribution in [0.15, 0.2) is 71.8 Å². The highest BCUT2D eigenvalue weighted by Gasteiger charge is 2.21. The van der Waals surface area contributed by atoms with Gasteiger partial charge in [-0.2, -0.15) is 0 Å². The Morgan fingerprint density at radius 2 is 1.57 bits per heavy atom. The molecule has 0 saturated heterocycles. The van der Waals surface area contributed by atoms with E-state index < -0.39 is 10.0 Å². The van der Waals surface area contributed by atoms with Crippen LogP contribution in [0.1, 0.15) is 15.9 Å². The highest BCUT2D eigenvalue weighted by Crippen LogP contribution is 2.24. The van der Waals surface area contributed by atoms with Crippen LogP contribution >= 0.6 is 0 Å². The van der Waals surface area contributed by atoms with E-state index >= 15 is 0 Å². The molecule has 1 amide bonds. The van der Waals surface area contributed by atoms with Crippen molar-refractivity contribution in [1.82, 2.24) is 4.98 Å². The molecule has 1 aromatic heterocycles. The van der Waals surface area contributed by atoms with Crippen molar-refractivity contribution in [2.24, 2.45) is 0 Å². The number of aromatic nitrogens is 1. The van der Waals surface area contributed by atoms with Gasteiger partial charge in [0.2, 0.25) is 0 Å². The van der Waals surface area contributed by atoms with Gasteiger partial charge in [0.1, 0.15) is 0 Å². The second-order valence-electron chi connectivity index (χ2n) is 7.06. The molecule has 7 nitrogen and oxygen atoms in total. The number of hydrogen-bond acceptors (Lipinski definition) is 5. The Morgan fingerprint density at radius 3 is 2.17 bits per heavy atom. The molecule has 0 atom stereocenters. The first-order valence-electron chi connectivity index (χ1n) is 9.29. The van der Waals surface area contributed by atoms with Crippen LogP contribution in [0.5, 0.6) is 0 Å². The van der Waals surface area contributed by atoms with Crippen molar-refractivity contribution in [2.45, 2.75) is 11.8 Å². The molecule has 1 heterocycles. The van der Waals surface area contributed by atoms with E-state index in [1.807, 2.05) is 25.9 Å². The summed E-state index contributed by atoms with van der Waals surface area (Å²) >= 11 is 0. The summed E-state index contributed by atoms with van der Waals surface area (Å²) in [4.78, 5) is 18.9. The van der Waals surface area contributed by atoms with Gasteiger partial charge in [-0.1, -0.05) is 17.7 Å². The minimum absolute atomic E-state index is 0.213. The first kappa shape index (κ1) is 21.3. The normalized spacial score (nSPS) is 11.1. The number of pyridine rings is 1. The number of nitrogens with one attached hydrogen (secondary N) is 1. The van der Waals surface area contributed by atoms with E-state index in [1.165, 1.54) is 11.4 Å². The molecule has 3 aromatic rings. The molecular formula is C22H24N4O3S. The summed E-state index contributed by atoms with van der Waals surface area (Å²) in [7, 11) is 1.49. The van der Waals surface area contributed by atoms with E-state index in [1.54, 1.807) is 66.9 Å². The van der Waals surface area contributed by atoms with Gasteiger partial charge >= 0.3 is 0 Å². The van der Waals surface area contributed by atoms with Crippen molar-refractivity contribution in [3.63, 3.8) is 0 Å². The Morgan fingerprint density at radius 1 is 0.933 bits per heavy atom. The number of aryl methyl sites for hydroxylation is 1. The van der Waals surface area contributed by atoms with E-state index in [4.69, 9.17) is 0 Å². The van der Waals surface area contributed by atoms with E-state index in [9.17, 15) is 13.2 Å². The summed E-state index contributed by atoms with van der Waals surface area (Å²) < 4.78 is 26.9. The summed E-state index contributed by atoms with van der Waals surface area (Å²) in [6.45, 7) is 1.90. The largest absolute Gasteiger partial charge is 0.361 e. The maximum absolute atomic E-state index is 12.8. The van der Waals surface area contributed by atoms with Gasteiger partial charge in [-0.15, -0.1) is 0 Å². The number of benzene rings is 2. The van der Waals surface area contributed by atoms with E-state index in [0.29, 0.717) is 22.8 Å². The number of carbonyl (C=O) groups is 1. The molecule has 3 rings (SSSR count). The highest BCUT2D eigenvalue weighted by molar-refractivity contribution is 7.92. The lowest BCUT2D eigenvalue weighted by Crippen LogP contribution is -2.26. The molecule has 0 bridgehead atoms. The van der Waals surface area contributed by atoms with Gasteiger partial charge in [0.15, 0.2) is 5.82 Å². The van der Waals surface area contributed by atoms with Gasteiger partial charge in [-0.05, 0) is 55.5 Å². The molecular weight excluding hydrogens is 400 g/mol. The van der Waals surface area contributed by atoms with Crippen molar-refractivity contribution < 1.29 is 13.2 Å². The zero-order valence-corrected chi connectivity index (χ0v) is 18.1. The van der Waals surface area contributed by atoms with Crippen molar-refractivity contribution in [1.29, 1.82) is 0 Å². The van der Waals surface area contributed by atoms with E-state index in [0.717, 1.165) is 5.56 Å². The molecule has 1 N–H and O–H groups in total. The van der Waals surface area contributed by atoms with Crippen LogP contribution in [0.3, 0.4) is 0 Å². The van der Waals surface area contributed by atoms with Crippen molar-refractivity contribution in [2.75, 3.05) is 35.7 Å². The molecule has 0 radical (unpaired) electrons. The highest BCUT2D eigenvalue weighted by atomic mass is 32.2. The average molecular weight is 425 g/mol. The molecule has 0 aliphatic heterocycles. The maximum atomic E-state index is 12.8. The second-order valence-corrected chi connectivity index (χ2v) is 9.02. The maximum Gasteiger partial charge on any atom is 0.264 e. The van der Waals surface area contributed by atoms with Crippen LogP contribution in [0.4, 0.5) is 17.2 Å². The molecule has 156 valence electrons. The fourth-order valence-corrected chi connectivity index (χ4v) is 4.07. The molecule has 8 heteroatoms. The molecule has 0 unspecified atom stereocenters. The fraction of sp³-hybridized carbons (Fsp3) is 0.182. The molecule has 0 spiro atoms. The predicted molar refractivity (Wildman–Crippen MR) is 120 cm³/mol. The molecule has 0 saturated carbocycles. The van der Waals surface area contributed by atoms with Crippen molar-refractivity contribution in [3.8, 4) is 0 Å². The van der Waals surface area contributed by atoms with Crippen LogP contribution in [0.2, 0.25) is 0 Å². The van der Waals surface area contributed by atoms with Crippen molar-refractivity contribution in [3.05, 3.63) is 78.0 Å². The third kappa shape index (κ3) is 4.44. The van der Waals surface area contributed by atoms with Gasteiger partial charge in [-0.3, -0.25) is 9.10 Å². The lowest BCUT2D eigenvalue weighted by molar-refractivity contribution is 0.102. The topological polar surface area (TPSA) is 82.6 Å². The fourth-order valence-electron chi connectivity index (χ4n) is 2.88. The Labute approximate surface area is 177 Å². The van der Waals surface area contributed by atoms with Gasteiger partial charge in [0, 0.05) is 32.9 Å². The lowest BCUT2D eigenvalue weighted by Gasteiger charge is -2.20. The Kier molecular flexibility index (Phi) is 6.07. The lowest BCUT2D eigenvalue weighted by atomic mass is 10.2. The Balaban J connectivity index is 1.79. The second kappa shape index (κ2) is 8.54. The van der Waals surface area contributed by atoms with Gasteiger partial charge < -0.3 is 10.2 Å². The third-order valence-electron chi connectivity index (χ3n) is 4.63. The van der Waals surface area contributed by atoms with Gasteiger partial charge in [0.25, 0.3) is 15.9 Å². The molecule has 30 heavy (non-hydrogen) atoms. The minimum atomic E-state index is -3.69. The molecule has 0 aliphatic carbocycles. The van der Waals surface area contributed by atoms with Crippen molar-refractivity contribution >= 4 is 33.1 Å². The monoisotopic (exact) mass is 424 g/mol. The van der Waals surface area contributed by atoms with E-state index in [-0.39, 0.29) is 10.8 Å².